The summed E-state index contributed by atoms with van der Waals surface area (Å²) in [5.41, 5.74) is 2.86. The third-order valence-electron chi connectivity index (χ3n) is 5.95. The Bertz CT molecular complexity index is 624. The van der Waals surface area contributed by atoms with Crippen molar-refractivity contribution in [2.45, 2.75) is 44.8 Å². The van der Waals surface area contributed by atoms with Crippen LogP contribution < -0.4 is 0 Å². The second kappa shape index (κ2) is 7.31. The zero-order valence-corrected chi connectivity index (χ0v) is 15.5. The molecule has 2 aliphatic rings. The first-order chi connectivity index (χ1) is 12.2. The highest BCUT2D eigenvalue weighted by molar-refractivity contribution is 5.32. The number of benzene rings is 2. The van der Waals surface area contributed by atoms with Crippen molar-refractivity contribution in [3.05, 3.63) is 71.8 Å². The molecule has 2 aromatic rings. The predicted molar refractivity (Wildman–Crippen MR) is 105 cm³/mol. The zero-order valence-electron chi connectivity index (χ0n) is 15.5. The molecular formula is C23H30N2. The summed E-state index contributed by atoms with van der Waals surface area (Å²) in [6, 6.07) is 23.9. The van der Waals surface area contributed by atoms with Gasteiger partial charge in [-0.3, -0.25) is 9.80 Å². The summed E-state index contributed by atoms with van der Waals surface area (Å²) in [4.78, 5) is 5.48. The highest BCUT2D eigenvalue weighted by Crippen LogP contribution is 2.42. The Labute approximate surface area is 152 Å². The van der Waals surface area contributed by atoms with Crippen molar-refractivity contribution in [3.63, 3.8) is 0 Å². The topological polar surface area (TPSA) is 6.48 Å². The normalized spacial score (nSPS) is 22.6. The highest BCUT2D eigenvalue weighted by Gasteiger charge is 2.42. The van der Waals surface area contributed by atoms with Crippen LogP contribution in [0.5, 0.6) is 0 Å². The molecule has 1 saturated heterocycles. The molecular weight excluding hydrogens is 304 g/mol. The summed E-state index contributed by atoms with van der Waals surface area (Å²) in [7, 11) is 0. The quantitative estimate of drug-likeness (QED) is 0.789. The molecule has 1 heterocycles. The minimum absolute atomic E-state index is 0.377. The van der Waals surface area contributed by atoms with Crippen molar-refractivity contribution in [2.75, 3.05) is 19.6 Å². The van der Waals surface area contributed by atoms with Crippen LogP contribution in [0.2, 0.25) is 0 Å². The fourth-order valence-corrected chi connectivity index (χ4v) is 4.38. The van der Waals surface area contributed by atoms with Crippen LogP contribution in [0.4, 0.5) is 0 Å². The lowest BCUT2D eigenvalue weighted by atomic mass is 9.93. The lowest BCUT2D eigenvalue weighted by Crippen LogP contribution is -2.56. The monoisotopic (exact) mass is 334 g/mol. The molecule has 0 radical (unpaired) electrons. The third kappa shape index (κ3) is 3.65. The van der Waals surface area contributed by atoms with Crippen molar-refractivity contribution >= 4 is 0 Å². The van der Waals surface area contributed by atoms with Gasteiger partial charge in [0.1, 0.15) is 0 Å². The molecule has 0 aromatic heterocycles. The average Bonchev–Trinajstić information content (AvgIpc) is 3.49. The maximum Gasteiger partial charge on any atom is 0.0605 e. The molecule has 2 fully saturated rings. The second-order valence-electron chi connectivity index (χ2n) is 7.96. The van der Waals surface area contributed by atoms with E-state index < -0.39 is 0 Å². The number of nitrogens with zero attached hydrogens (tertiary/aromatic N) is 2. The van der Waals surface area contributed by atoms with E-state index in [0.717, 1.165) is 12.5 Å². The average molecular weight is 335 g/mol. The minimum atomic E-state index is 0.377. The van der Waals surface area contributed by atoms with Crippen LogP contribution in [0.1, 0.15) is 43.9 Å². The van der Waals surface area contributed by atoms with E-state index in [4.69, 9.17) is 0 Å². The molecule has 2 aromatic carbocycles. The van der Waals surface area contributed by atoms with E-state index in [-0.39, 0.29) is 0 Å². The Kier molecular flexibility index (Phi) is 4.91. The van der Waals surface area contributed by atoms with Crippen LogP contribution in [0, 0.1) is 5.92 Å². The molecule has 1 atom stereocenters. The van der Waals surface area contributed by atoms with Gasteiger partial charge in [-0.2, -0.15) is 0 Å². The van der Waals surface area contributed by atoms with Crippen LogP contribution >= 0.6 is 0 Å². The van der Waals surface area contributed by atoms with Gasteiger partial charge in [-0.25, -0.2) is 0 Å². The summed E-state index contributed by atoms with van der Waals surface area (Å²) in [5.74, 6) is 0.886. The SMILES string of the molecule is CC(C)N1CCN(C(c2ccccc2)c2ccccc2)[C@@H](C2CC2)C1. The Balaban J connectivity index is 1.69. The highest BCUT2D eigenvalue weighted by atomic mass is 15.3. The predicted octanol–water partition coefficient (Wildman–Crippen LogP) is 4.58. The molecule has 1 aliphatic heterocycles. The van der Waals surface area contributed by atoms with Gasteiger partial charge < -0.3 is 0 Å². The smallest absolute Gasteiger partial charge is 0.0605 e. The summed E-state index contributed by atoms with van der Waals surface area (Å²) >= 11 is 0. The first-order valence-electron chi connectivity index (χ1n) is 9.83. The molecule has 0 unspecified atom stereocenters. The van der Waals surface area contributed by atoms with E-state index in [1.165, 1.54) is 37.1 Å². The molecule has 1 aliphatic carbocycles. The Morgan fingerprint density at radius 1 is 0.800 bits per heavy atom. The summed E-state index contributed by atoms with van der Waals surface area (Å²) in [5, 5.41) is 0. The van der Waals surface area contributed by atoms with Gasteiger partial charge in [0.25, 0.3) is 0 Å². The van der Waals surface area contributed by atoms with E-state index in [0.29, 0.717) is 18.1 Å². The molecule has 2 heteroatoms. The van der Waals surface area contributed by atoms with Crippen LogP contribution in [0.3, 0.4) is 0 Å². The van der Waals surface area contributed by atoms with E-state index in [2.05, 4.69) is 84.3 Å². The largest absolute Gasteiger partial charge is 0.298 e. The summed E-state index contributed by atoms with van der Waals surface area (Å²) < 4.78 is 0. The van der Waals surface area contributed by atoms with Gasteiger partial charge >= 0.3 is 0 Å². The Hall–Kier alpha value is -1.64. The number of hydrogen-bond acceptors (Lipinski definition) is 2. The van der Waals surface area contributed by atoms with Gasteiger partial charge in [-0.15, -0.1) is 0 Å². The van der Waals surface area contributed by atoms with Crippen molar-refractivity contribution in [3.8, 4) is 0 Å². The fourth-order valence-electron chi connectivity index (χ4n) is 4.38. The molecule has 25 heavy (non-hydrogen) atoms. The van der Waals surface area contributed by atoms with Crippen molar-refractivity contribution in [1.29, 1.82) is 0 Å². The molecule has 1 saturated carbocycles. The minimum Gasteiger partial charge on any atom is -0.298 e. The maximum absolute atomic E-state index is 2.81. The molecule has 0 bridgehead atoms. The molecule has 132 valence electrons. The van der Waals surface area contributed by atoms with Gasteiger partial charge in [0.15, 0.2) is 0 Å². The second-order valence-corrected chi connectivity index (χ2v) is 7.96. The van der Waals surface area contributed by atoms with Gasteiger partial charge in [0.2, 0.25) is 0 Å². The van der Waals surface area contributed by atoms with Gasteiger partial charge in [0, 0.05) is 31.7 Å². The summed E-state index contributed by atoms with van der Waals surface area (Å²) in [6.45, 7) is 8.24. The standard InChI is InChI=1S/C23H30N2/c1-18(2)24-15-16-25(22(17-24)19-13-14-19)23(20-9-5-3-6-10-20)21-11-7-4-8-12-21/h3-12,18-19,22-23H,13-17H2,1-2H3/t22-/m1/s1. The molecule has 4 rings (SSSR count). The lowest BCUT2D eigenvalue weighted by molar-refractivity contribution is 0.0266. The zero-order chi connectivity index (χ0) is 17.2. The van der Waals surface area contributed by atoms with E-state index >= 15 is 0 Å². The number of piperazine rings is 1. The van der Waals surface area contributed by atoms with Crippen molar-refractivity contribution < 1.29 is 0 Å². The van der Waals surface area contributed by atoms with Crippen molar-refractivity contribution in [2.24, 2.45) is 5.92 Å². The van der Waals surface area contributed by atoms with Crippen LogP contribution in [0.15, 0.2) is 60.7 Å². The van der Waals surface area contributed by atoms with Crippen LogP contribution in [0.25, 0.3) is 0 Å². The molecule has 0 amide bonds. The number of rotatable bonds is 5. The maximum atomic E-state index is 2.81. The lowest BCUT2D eigenvalue weighted by Gasteiger charge is -2.47. The van der Waals surface area contributed by atoms with Crippen molar-refractivity contribution in [1.82, 2.24) is 9.80 Å². The van der Waals surface area contributed by atoms with Gasteiger partial charge in [-0.1, -0.05) is 60.7 Å². The Morgan fingerprint density at radius 2 is 1.36 bits per heavy atom. The first kappa shape index (κ1) is 16.8. The first-order valence-corrected chi connectivity index (χ1v) is 9.83. The molecule has 0 spiro atoms. The molecule has 2 nitrogen and oxygen atoms in total. The van der Waals surface area contributed by atoms with Gasteiger partial charge in [-0.05, 0) is 43.7 Å². The van der Waals surface area contributed by atoms with Crippen LogP contribution in [-0.4, -0.2) is 41.5 Å². The summed E-state index contributed by atoms with van der Waals surface area (Å²) in [6.07, 6.45) is 2.81. The van der Waals surface area contributed by atoms with E-state index in [9.17, 15) is 0 Å². The Morgan fingerprint density at radius 3 is 1.84 bits per heavy atom. The molecule has 0 N–H and O–H groups in total. The van der Waals surface area contributed by atoms with E-state index in [1.54, 1.807) is 0 Å². The van der Waals surface area contributed by atoms with Crippen LogP contribution in [-0.2, 0) is 0 Å². The third-order valence-corrected chi connectivity index (χ3v) is 5.95. The van der Waals surface area contributed by atoms with Gasteiger partial charge in [0.05, 0.1) is 6.04 Å². The van der Waals surface area contributed by atoms with E-state index in [1.807, 2.05) is 0 Å². The fraction of sp³-hybridized carbons (Fsp3) is 0.478. The number of hydrogen-bond donors (Lipinski definition) is 0.